The molecule has 3 aromatic rings. The van der Waals surface area contributed by atoms with Crippen LogP contribution in [0.15, 0.2) is 48.5 Å². The smallest absolute Gasteiger partial charge is 0.322 e. The summed E-state index contributed by atoms with van der Waals surface area (Å²) in [5, 5.41) is 19.2. The molecule has 3 N–H and O–H groups in total. The number of hydrogen-bond acceptors (Lipinski definition) is 3. The summed E-state index contributed by atoms with van der Waals surface area (Å²) in [5.41, 5.74) is 0.466. The second-order valence-electron chi connectivity index (χ2n) is 5.38. The molecule has 0 atom stereocenters. The maximum Gasteiger partial charge on any atom is 0.322 e. The van der Waals surface area contributed by atoms with Crippen molar-refractivity contribution in [3.63, 3.8) is 0 Å². The summed E-state index contributed by atoms with van der Waals surface area (Å²) in [5.74, 6) is -5.57. The van der Waals surface area contributed by atoms with Crippen LogP contribution in [0, 0.1) is 0 Å². The average Bonchev–Trinajstić information content (AvgIpc) is 2.95. The number of carboxylic acids is 2. The quantitative estimate of drug-likeness (QED) is 0.479. The topological polar surface area (TPSA) is 107 Å². The Morgan fingerprint density at radius 1 is 0.920 bits per heavy atom. The number of aromatic nitrogens is 1. The molecule has 25 heavy (non-hydrogen) atoms. The standard InChI is InChI=1S/C18H12ClNO5/c19-10-7-4-8-11-12(10)13(14(17(22)23)18(24)25)15(20-11)16(21)9-5-2-1-3-6-9/h1-8,14,20H,(H,22,23)(H,24,25). The van der Waals surface area contributed by atoms with Crippen molar-refractivity contribution in [2.24, 2.45) is 0 Å². The molecule has 6 nitrogen and oxygen atoms in total. The van der Waals surface area contributed by atoms with Crippen molar-refractivity contribution in [1.82, 2.24) is 4.98 Å². The third-order valence-electron chi connectivity index (χ3n) is 3.86. The van der Waals surface area contributed by atoms with E-state index in [-0.39, 0.29) is 21.7 Å². The van der Waals surface area contributed by atoms with Gasteiger partial charge in [-0.1, -0.05) is 48.0 Å². The molecule has 0 bridgehead atoms. The first-order valence-corrected chi connectivity index (χ1v) is 7.65. The van der Waals surface area contributed by atoms with Gasteiger partial charge in [0.2, 0.25) is 5.78 Å². The van der Waals surface area contributed by atoms with E-state index in [1.165, 1.54) is 6.07 Å². The van der Waals surface area contributed by atoms with Crippen LogP contribution in [0.25, 0.3) is 10.9 Å². The molecule has 0 saturated heterocycles. The molecule has 0 aliphatic carbocycles. The van der Waals surface area contributed by atoms with Crippen LogP contribution < -0.4 is 0 Å². The Hall–Kier alpha value is -3.12. The van der Waals surface area contributed by atoms with E-state index >= 15 is 0 Å². The maximum absolute atomic E-state index is 12.8. The fourth-order valence-electron chi connectivity index (χ4n) is 2.78. The number of carboxylic acid groups (broad SMARTS) is 2. The SMILES string of the molecule is O=C(c1ccccc1)c1[nH]c2cccc(Cl)c2c1C(C(=O)O)C(=O)O. The number of ketones is 1. The van der Waals surface area contributed by atoms with Gasteiger partial charge in [0.05, 0.1) is 10.7 Å². The molecule has 1 aromatic heterocycles. The zero-order valence-electron chi connectivity index (χ0n) is 12.7. The molecule has 0 saturated carbocycles. The van der Waals surface area contributed by atoms with Gasteiger partial charge in [-0.3, -0.25) is 14.4 Å². The Kier molecular flexibility index (Phi) is 4.29. The normalized spacial score (nSPS) is 11.0. The van der Waals surface area contributed by atoms with E-state index < -0.39 is 23.6 Å². The summed E-state index contributed by atoms with van der Waals surface area (Å²) in [7, 11) is 0. The first-order valence-electron chi connectivity index (χ1n) is 7.27. The fraction of sp³-hybridized carbons (Fsp3) is 0.0556. The Morgan fingerprint density at radius 3 is 2.16 bits per heavy atom. The number of carbonyl (C=O) groups is 3. The molecule has 0 spiro atoms. The third-order valence-corrected chi connectivity index (χ3v) is 4.17. The maximum atomic E-state index is 12.8. The molecular formula is C18H12ClNO5. The van der Waals surface area contributed by atoms with E-state index in [2.05, 4.69) is 4.98 Å². The van der Waals surface area contributed by atoms with Crippen molar-refractivity contribution in [1.29, 1.82) is 0 Å². The molecule has 0 unspecified atom stereocenters. The molecule has 0 amide bonds. The Balaban J connectivity index is 2.34. The van der Waals surface area contributed by atoms with Crippen molar-refractivity contribution in [2.45, 2.75) is 5.92 Å². The van der Waals surface area contributed by atoms with E-state index in [0.29, 0.717) is 11.1 Å². The Labute approximate surface area is 146 Å². The lowest BCUT2D eigenvalue weighted by Gasteiger charge is -2.10. The van der Waals surface area contributed by atoms with Gasteiger partial charge in [-0.25, -0.2) is 0 Å². The minimum absolute atomic E-state index is 0.0934. The number of carbonyl (C=O) groups excluding carboxylic acids is 1. The predicted octanol–water partition coefficient (Wildman–Crippen LogP) is 3.31. The molecule has 0 aliphatic rings. The fourth-order valence-corrected chi connectivity index (χ4v) is 3.06. The lowest BCUT2D eigenvalue weighted by Crippen LogP contribution is -2.23. The summed E-state index contributed by atoms with van der Waals surface area (Å²) >= 11 is 6.16. The predicted molar refractivity (Wildman–Crippen MR) is 91.2 cm³/mol. The lowest BCUT2D eigenvalue weighted by atomic mass is 9.93. The number of fused-ring (bicyclic) bond motifs is 1. The van der Waals surface area contributed by atoms with Crippen LogP contribution in [0.5, 0.6) is 0 Å². The van der Waals surface area contributed by atoms with Crippen molar-refractivity contribution in [3.8, 4) is 0 Å². The molecule has 1 heterocycles. The number of nitrogens with one attached hydrogen (secondary N) is 1. The van der Waals surface area contributed by atoms with Gasteiger partial charge < -0.3 is 15.2 Å². The molecule has 0 radical (unpaired) electrons. The van der Waals surface area contributed by atoms with Crippen LogP contribution in [-0.4, -0.2) is 32.9 Å². The van der Waals surface area contributed by atoms with E-state index in [0.717, 1.165) is 0 Å². The van der Waals surface area contributed by atoms with Crippen molar-refractivity contribution < 1.29 is 24.6 Å². The molecule has 2 aromatic carbocycles. The minimum Gasteiger partial charge on any atom is -0.480 e. The van der Waals surface area contributed by atoms with Gasteiger partial charge in [0.1, 0.15) is 0 Å². The van der Waals surface area contributed by atoms with Gasteiger partial charge in [0.25, 0.3) is 0 Å². The number of aliphatic carboxylic acids is 2. The third kappa shape index (κ3) is 2.88. The van der Waals surface area contributed by atoms with Crippen LogP contribution in [0.2, 0.25) is 5.02 Å². The number of benzene rings is 2. The Bertz CT molecular complexity index is 979. The van der Waals surface area contributed by atoms with Crippen LogP contribution in [-0.2, 0) is 9.59 Å². The van der Waals surface area contributed by atoms with Crippen LogP contribution in [0.4, 0.5) is 0 Å². The van der Waals surface area contributed by atoms with Gasteiger partial charge in [-0.05, 0) is 12.1 Å². The number of H-pyrrole nitrogens is 1. The summed E-state index contributed by atoms with van der Waals surface area (Å²) < 4.78 is 0. The molecule has 7 heteroatoms. The molecule has 3 rings (SSSR count). The van der Waals surface area contributed by atoms with Crippen molar-refractivity contribution >= 4 is 40.2 Å². The van der Waals surface area contributed by atoms with Crippen LogP contribution in [0.3, 0.4) is 0 Å². The van der Waals surface area contributed by atoms with Crippen LogP contribution in [0.1, 0.15) is 27.5 Å². The van der Waals surface area contributed by atoms with Gasteiger partial charge >= 0.3 is 11.9 Å². The second kappa shape index (κ2) is 6.41. The zero-order chi connectivity index (χ0) is 18.1. The zero-order valence-corrected chi connectivity index (χ0v) is 13.4. The highest BCUT2D eigenvalue weighted by Crippen LogP contribution is 2.35. The first-order chi connectivity index (χ1) is 11.9. The van der Waals surface area contributed by atoms with Gasteiger partial charge in [0.15, 0.2) is 5.92 Å². The second-order valence-corrected chi connectivity index (χ2v) is 5.79. The Morgan fingerprint density at radius 2 is 1.56 bits per heavy atom. The molecule has 0 aliphatic heterocycles. The summed E-state index contributed by atoms with van der Waals surface area (Å²) in [6.45, 7) is 0. The van der Waals surface area contributed by atoms with Gasteiger partial charge in [-0.15, -0.1) is 0 Å². The van der Waals surface area contributed by atoms with Gasteiger partial charge in [-0.2, -0.15) is 0 Å². The highest BCUT2D eigenvalue weighted by Gasteiger charge is 2.36. The van der Waals surface area contributed by atoms with Crippen molar-refractivity contribution in [2.75, 3.05) is 0 Å². The van der Waals surface area contributed by atoms with Crippen LogP contribution >= 0.6 is 11.6 Å². The number of rotatable bonds is 5. The first kappa shape index (κ1) is 16.7. The largest absolute Gasteiger partial charge is 0.480 e. The van der Waals surface area contributed by atoms with Crippen molar-refractivity contribution in [3.05, 3.63) is 70.4 Å². The van der Waals surface area contributed by atoms with E-state index in [1.807, 2.05) is 0 Å². The van der Waals surface area contributed by atoms with E-state index in [1.54, 1.807) is 42.5 Å². The minimum atomic E-state index is -1.92. The van der Waals surface area contributed by atoms with E-state index in [4.69, 9.17) is 11.6 Å². The van der Waals surface area contributed by atoms with E-state index in [9.17, 15) is 24.6 Å². The molecule has 126 valence electrons. The highest BCUT2D eigenvalue weighted by molar-refractivity contribution is 6.36. The number of hydrogen-bond donors (Lipinski definition) is 3. The monoisotopic (exact) mass is 357 g/mol. The average molecular weight is 358 g/mol. The molecule has 0 fully saturated rings. The molecular weight excluding hydrogens is 346 g/mol. The number of aromatic amines is 1. The highest BCUT2D eigenvalue weighted by atomic mass is 35.5. The van der Waals surface area contributed by atoms with Gasteiger partial charge in [0, 0.05) is 22.0 Å². The summed E-state index contributed by atoms with van der Waals surface area (Å²) in [6.07, 6.45) is 0. The number of halogens is 1. The summed E-state index contributed by atoms with van der Waals surface area (Å²) in [6, 6.07) is 12.9. The summed E-state index contributed by atoms with van der Waals surface area (Å²) in [4.78, 5) is 38.8. The lowest BCUT2D eigenvalue weighted by molar-refractivity contribution is -0.149.